The molecular formula is C15H17N. The smallest absolute Gasteiger partial charge is 0.0962 e. The Morgan fingerprint density at radius 3 is 2.94 bits per heavy atom. The minimum atomic E-state index is 0.782. The van der Waals surface area contributed by atoms with Gasteiger partial charge >= 0.3 is 0 Å². The summed E-state index contributed by atoms with van der Waals surface area (Å²) in [6.45, 7) is 10.5. The first-order chi connectivity index (χ1) is 7.70. The van der Waals surface area contributed by atoms with Crippen LogP contribution in [0.4, 0.5) is 5.69 Å². The molecule has 1 aromatic carbocycles. The topological polar surface area (TPSA) is 3.24 Å². The third-order valence-corrected chi connectivity index (χ3v) is 2.28. The fourth-order valence-electron chi connectivity index (χ4n) is 1.52. The zero-order valence-corrected chi connectivity index (χ0v) is 9.96. The van der Waals surface area contributed by atoms with E-state index in [1.165, 1.54) is 0 Å². The highest BCUT2D eigenvalue weighted by atomic mass is 15.1. The van der Waals surface area contributed by atoms with Crippen LogP contribution in [0.3, 0.4) is 0 Å². The van der Waals surface area contributed by atoms with Crippen molar-refractivity contribution in [3.8, 4) is 0 Å². The Morgan fingerprint density at radius 1 is 1.56 bits per heavy atom. The number of likely N-dealkylation sites (N-methyl/N-ethyl adjacent to an activating group) is 1. The van der Waals surface area contributed by atoms with Crippen LogP contribution in [-0.4, -0.2) is 13.6 Å². The quantitative estimate of drug-likeness (QED) is 0.532. The van der Waals surface area contributed by atoms with Gasteiger partial charge < -0.3 is 4.90 Å². The number of anilines is 1. The van der Waals surface area contributed by atoms with E-state index >= 15 is 0 Å². The largest absolute Gasteiger partial charge is 0.364 e. The molecule has 0 bridgehead atoms. The summed E-state index contributed by atoms with van der Waals surface area (Å²) in [4.78, 5) is 2.08. The average Bonchev–Trinajstić information content (AvgIpc) is 2.30. The molecule has 0 fully saturated rings. The lowest BCUT2D eigenvalue weighted by molar-refractivity contribution is 1.03. The third kappa shape index (κ3) is 2.77. The van der Waals surface area contributed by atoms with E-state index < -0.39 is 0 Å². The van der Waals surface area contributed by atoms with Crippen molar-refractivity contribution in [3.05, 3.63) is 61.2 Å². The molecule has 1 aromatic rings. The predicted molar refractivity (Wildman–Crippen MR) is 71.4 cm³/mol. The summed E-state index contributed by atoms with van der Waals surface area (Å²) in [6.07, 6.45) is 5.84. The normalized spacial score (nSPS) is 9.88. The van der Waals surface area contributed by atoms with Gasteiger partial charge in [-0.05, 0) is 30.7 Å². The molecule has 0 aliphatic carbocycles. The Kier molecular flexibility index (Phi) is 4.42. The number of allylic oxidation sites excluding steroid dienone is 3. The number of nitrogens with zero attached hydrogens (tertiary/aromatic N) is 1. The molecule has 82 valence electrons. The molecular weight excluding hydrogens is 194 g/mol. The van der Waals surface area contributed by atoms with Gasteiger partial charge in [0.05, 0.1) is 5.69 Å². The molecule has 1 nitrogen and oxygen atoms in total. The third-order valence-electron chi connectivity index (χ3n) is 2.28. The van der Waals surface area contributed by atoms with E-state index in [-0.39, 0.29) is 0 Å². The standard InChI is InChI=1S/C15H17N/c1-5-9-13(3)14-10-7-8-11-15(14)16(4)12-6-2/h5-7,9-10H,2-3,12H2,1,4H3/b9-5-. The van der Waals surface area contributed by atoms with E-state index in [0.717, 1.165) is 23.4 Å². The summed E-state index contributed by atoms with van der Waals surface area (Å²) in [5.74, 6) is 0. The lowest BCUT2D eigenvalue weighted by Gasteiger charge is -2.18. The minimum Gasteiger partial charge on any atom is -0.364 e. The Hall–Kier alpha value is -1.94. The maximum Gasteiger partial charge on any atom is 0.0962 e. The zero-order valence-electron chi connectivity index (χ0n) is 9.96. The Labute approximate surface area is 98.4 Å². The lowest BCUT2D eigenvalue weighted by atomic mass is 10.1. The monoisotopic (exact) mass is 211 g/mol. The van der Waals surface area contributed by atoms with Crippen LogP contribution in [0.15, 0.2) is 43.5 Å². The SMILES string of the molecule is C=CCN(C)c1c#cccc1C(=C)/C=C\C. The van der Waals surface area contributed by atoms with Gasteiger partial charge in [0.25, 0.3) is 0 Å². The van der Waals surface area contributed by atoms with Crippen molar-refractivity contribution in [1.82, 2.24) is 0 Å². The Morgan fingerprint density at radius 2 is 2.31 bits per heavy atom. The molecule has 16 heavy (non-hydrogen) atoms. The van der Waals surface area contributed by atoms with Crippen molar-refractivity contribution in [3.63, 3.8) is 0 Å². The van der Waals surface area contributed by atoms with E-state index in [0.29, 0.717) is 0 Å². The van der Waals surface area contributed by atoms with Crippen LogP contribution in [0.1, 0.15) is 12.5 Å². The summed E-state index contributed by atoms with van der Waals surface area (Å²) in [5.41, 5.74) is 3.07. The van der Waals surface area contributed by atoms with Crippen molar-refractivity contribution >= 4 is 11.3 Å². The summed E-state index contributed by atoms with van der Waals surface area (Å²) >= 11 is 0. The average molecular weight is 211 g/mol. The maximum absolute atomic E-state index is 4.04. The molecule has 0 unspecified atom stereocenters. The lowest BCUT2D eigenvalue weighted by Crippen LogP contribution is -2.17. The van der Waals surface area contributed by atoms with Crippen molar-refractivity contribution in [2.75, 3.05) is 18.5 Å². The van der Waals surface area contributed by atoms with Gasteiger partial charge in [-0.3, -0.25) is 0 Å². The van der Waals surface area contributed by atoms with Crippen LogP contribution in [0.5, 0.6) is 0 Å². The van der Waals surface area contributed by atoms with Gasteiger partial charge in [-0.25, -0.2) is 0 Å². The molecule has 1 rings (SSSR count). The Balaban J connectivity index is 3.09. The Bertz CT molecular complexity index is 402. The fourth-order valence-corrected chi connectivity index (χ4v) is 1.52. The van der Waals surface area contributed by atoms with Crippen LogP contribution in [0.2, 0.25) is 0 Å². The molecule has 1 heteroatoms. The van der Waals surface area contributed by atoms with Crippen molar-refractivity contribution in [2.24, 2.45) is 0 Å². The predicted octanol–water partition coefficient (Wildman–Crippen LogP) is 3.50. The summed E-state index contributed by atoms with van der Waals surface area (Å²) in [7, 11) is 2.01. The first-order valence-electron chi connectivity index (χ1n) is 5.27. The fraction of sp³-hybridized carbons (Fsp3) is 0.200. The second-order valence-corrected chi connectivity index (χ2v) is 3.56. The zero-order chi connectivity index (χ0) is 12.0. The summed E-state index contributed by atoms with van der Waals surface area (Å²) in [5, 5.41) is 0. The number of hydrogen-bond donors (Lipinski definition) is 0. The van der Waals surface area contributed by atoms with Crippen LogP contribution in [0, 0.1) is 12.1 Å². The highest BCUT2D eigenvalue weighted by Gasteiger charge is 2.06. The first kappa shape index (κ1) is 12.1. The molecule has 0 saturated carbocycles. The highest BCUT2D eigenvalue weighted by molar-refractivity contribution is 5.80. The van der Waals surface area contributed by atoms with E-state index in [2.05, 4.69) is 30.2 Å². The van der Waals surface area contributed by atoms with Crippen molar-refractivity contribution < 1.29 is 0 Å². The molecule has 0 aliphatic heterocycles. The molecule has 0 aliphatic rings. The summed E-state index contributed by atoms with van der Waals surface area (Å²) in [6, 6.07) is 9.95. The number of hydrogen-bond acceptors (Lipinski definition) is 1. The second-order valence-electron chi connectivity index (χ2n) is 3.56. The van der Waals surface area contributed by atoms with Gasteiger partial charge in [0.15, 0.2) is 0 Å². The van der Waals surface area contributed by atoms with Crippen LogP contribution in [-0.2, 0) is 0 Å². The maximum atomic E-state index is 4.04. The van der Waals surface area contributed by atoms with Gasteiger partial charge in [-0.15, -0.1) is 6.58 Å². The van der Waals surface area contributed by atoms with E-state index in [4.69, 9.17) is 0 Å². The van der Waals surface area contributed by atoms with Gasteiger partial charge in [-0.1, -0.05) is 30.9 Å². The molecule has 0 aromatic heterocycles. The van der Waals surface area contributed by atoms with Gasteiger partial charge in [-0.2, -0.15) is 0 Å². The molecule has 0 heterocycles. The highest BCUT2D eigenvalue weighted by Crippen LogP contribution is 2.23. The molecule has 0 atom stereocenters. The van der Waals surface area contributed by atoms with Crippen molar-refractivity contribution in [1.29, 1.82) is 0 Å². The van der Waals surface area contributed by atoms with Crippen LogP contribution < -0.4 is 4.90 Å². The van der Waals surface area contributed by atoms with E-state index in [9.17, 15) is 0 Å². The molecule has 0 saturated heterocycles. The molecule has 0 spiro atoms. The van der Waals surface area contributed by atoms with Crippen molar-refractivity contribution in [2.45, 2.75) is 6.92 Å². The molecule has 0 N–H and O–H groups in total. The van der Waals surface area contributed by atoms with Crippen LogP contribution in [0.25, 0.3) is 5.57 Å². The number of rotatable bonds is 5. The van der Waals surface area contributed by atoms with E-state index in [1.54, 1.807) is 0 Å². The van der Waals surface area contributed by atoms with Gasteiger partial charge in [0.2, 0.25) is 0 Å². The van der Waals surface area contributed by atoms with E-state index in [1.807, 2.05) is 44.3 Å². The molecule has 0 radical (unpaired) electrons. The van der Waals surface area contributed by atoms with Gasteiger partial charge in [0.1, 0.15) is 0 Å². The molecule has 0 amide bonds. The first-order valence-corrected chi connectivity index (χ1v) is 5.27. The second kappa shape index (κ2) is 5.82. The minimum absolute atomic E-state index is 0.782. The van der Waals surface area contributed by atoms with Crippen LogP contribution >= 0.6 is 0 Å². The van der Waals surface area contributed by atoms with Gasteiger partial charge in [0, 0.05) is 19.2 Å². The summed E-state index contributed by atoms with van der Waals surface area (Å²) < 4.78 is 0.